The number of ketones is 1. The number of Topliss-reactive ketones (excluding diaryl/α,β-unsaturated/α-hetero) is 1. The van der Waals surface area contributed by atoms with Gasteiger partial charge >= 0.3 is 0 Å². The Kier molecular flexibility index (Phi) is 2.04. The molecule has 1 aliphatic carbocycles. The molecule has 0 bridgehead atoms. The zero-order valence-corrected chi connectivity index (χ0v) is 7.51. The summed E-state index contributed by atoms with van der Waals surface area (Å²) < 4.78 is 12.8. The van der Waals surface area contributed by atoms with Crippen LogP contribution >= 0.6 is 11.6 Å². The summed E-state index contributed by atoms with van der Waals surface area (Å²) in [4.78, 5) is 14.9. The average molecular weight is 200 g/mol. The van der Waals surface area contributed by atoms with Crippen molar-refractivity contribution in [3.63, 3.8) is 0 Å². The molecule has 0 radical (unpaired) electrons. The Bertz CT molecular complexity index is 363. The van der Waals surface area contributed by atoms with Crippen molar-refractivity contribution in [2.75, 3.05) is 0 Å². The molecule has 0 saturated heterocycles. The zero-order valence-electron chi connectivity index (χ0n) is 6.76. The van der Waals surface area contributed by atoms with Gasteiger partial charge in [0.2, 0.25) is 5.95 Å². The van der Waals surface area contributed by atoms with Crippen molar-refractivity contribution in [1.82, 2.24) is 4.98 Å². The molecule has 1 aliphatic rings. The van der Waals surface area contributed by atoms with Crippen molar-refractivity contribution in [3.05, 3.63) is 28.8 Å². The summed E-state index contributed by atoms with van der Waals surface area (Å²) in [6, 6.07) is 1.46. The minimum absolute atomic E-state index is 0.0549. The third-order valence-electron chi connectivity index (χ3n) is 2.06. The molecule has 0 aromatic carbocycles. The highest BCUT2D eigenvalue weighted by molar-refractivity contribution is 6.34. The molecule has 1 aromatic rings. The molecule has 4 heteroatoms. The van der Waals surface area contributed by atoms with Crippen LogP contribution in [0.1, 0.15) is 23.2 Å². The molecule has 1 saturated carbocycles. The Balaban J connectivity index is 2.38. The molecule has 68 valence electrons. The Morgan fingerprint density at radius 3 is 2.92 bits per heavy atom. The molecule has 0 N–H and O–H groups in total. The molecule has 1 heterocycles. The van der Waals surface area contributed by atoms with Gasteiger partial charge in [-0.25, -0.2) is 4.98 Å². The van der Waals surface area contributed by atoms with Gasteiger partial charge in [0.1, 0.15) is 5.02 Å². The van der Waals surface area contributed by atoms with Crippen LogP contribution in [0.15, 0.2) is 12.3 Å². The maximum absolute atomic E-state index is 12.8. The van der Waals surface area contributed by atoms with Gasteiger partial charge in [0.15, 0.2) is 5.78 Å². The Morgan fingerprint density at radius 2 is 2.31 bits per heavy atom. The van der Waals surface area contributed by atoms with Crippen molar-refractivity contribution in [2.24, 2.45) is 5.92 Å². The summed E-state index contributed by atoms with van der Waals surface area (Å²) in [6.45, 7) is 0. The number of nitrogens with zero attached hydrogens (tertiary/aromatic N) is 1. The van der Waals surface area contributed by atoms with Crippen molar-refractivity contribution in [2.45, 2.75) is 12.8 Å². The molecule has 0 spiro atoms. The number of halogens is 2. The van der Waals surface area contributed by atoms with E-state index in [0.29, 0.717) is 0 Å². The molecule has 2 nitrogen and oxygen atoms in total. The summed E-state index contributed by atoms with van der Waals surface area (Å²) in [5.41, 5.74) is 0.261. The Labute approximate surface area is 79.7 Å². The van der Waals surface area contributed by atoms with Gasteiger partial charge in [0.25, 0.3) is 0 Å². The highest BCUT2D eigenvalue weighted by Crippen LogP contribution is 2.34. The van der Waals surface area contributed by atoms with Crippen LogP contribution in [0.5, 0.6) is 0 Å². The molecule has 1 fully saturated rings. The van der Waals surface area contributed by atoms with Crippen molar-refractivity contribution in [3.8, 4) is 0 Å². The monoisotopic (exact) mass is 199 g/mol. The lowest BCUT2D eigenvalue weighted by Gasteiger charge is -2.01. The first kappa shape index (κ1) is 8.63. The lowest BCUT2D eigenvalue weighted by molar-refractivity contribution is 0.0967. The number of hydrogen-bond donors (Lipinski definition) is 0. The topological polar surface area (TPSA) is 30.0 Å². The predicted molar refractivity (Wildman–Crippen MR) is 46.3 cm³/mol. The first-order valence-corrected chi connectivity index (χ1v) is 4.42. The van der Waals surface area contributed by atoms with Gasteiger partial charge in [-0.15, -0.1) is 0 Å². The van der Waals surface area contributed by atoms with Gasteiger partial charge in [0, 0.05) is 17.7 Å². The number of aromatic nitrogens is 1. The second-order valence-corrected chi connectivity index (χ2v) is 3.48. The molecule has 0 amide bonds. The highest BCUT2D eigenvalue weighted by Gasteiger charge is 2.32. The van der Waals surface area contributed by atoms with Crippen molar-refractivity contribution >= 4 is 17.4 Å². The van der Waals surface area contributed by atoms with Gasteiger partial charge in [0.05, 0.1) is 0 Å². The highest BCUT2D eigenvalue weighted by atomic mass is 35.5. The van der Waals surface area contributed by atoms with E-state index in [1.54, 1.807) is 0 Å². The second-order valence-electron chi connectivity index (χ2n) is 3.10. The van der Waals surface area contributed by atoms with E-state index in [2.05, 4.69) is 4.98 Å². The lowest BCUT2D eigenvalue weighted by atomic mass is 10.1. The molecule has 1 aromatic heterocycles. The van der Waals surface area contributed by atoms with Crippen LogP contribution in [0.25, 0.3) is 0 Å². The van der Waals surface area contributed by atoms with Gasteiger partial charge in [-0.2, -0.15) is 4.39 Å². The third kappa shape index (κ3) is 1.56. The smallest absolute Gasteiger partial charge is 0.232 e. The van der Waals surface area contributed by atoms with Gasteiger partial charge < -0.3 is 0 Å². The fourth-order valence-corrected chi connectivity index (χ4v) is 1.38. The third-order valence-corrected chi connectivity index (χ3v) is 2.42. The van der Waals surface area contributed by atoms with Crippen LogP contribution < -0.4 is 0 Å². The molecular weight excluding hydrogens is 193 g/mol. The van der Waals surface area contributed by atoms with E-state index >= 15 is 0 Å². The first-order valence-electron chi connectivity index (χ1n) is 4.04. The standard InChI is InChI=1S/C9H7ClFNO/c10-7-6(3-4-12-9(7)11)8(13)5-1-2-5/h3-5H,1-2H2. The molecular formula is C9H7ClFNO. The average Bonchev–Trinajstić information content (AvgIpc) is 2.91. The van der Waals surface area contributed by atoms with E-state index in [1.165, 1.54) is 12.3 Å². The molecule has 0 aliphatic heterocycles. The summed E-state index contributed by atoms with van der Waals surface area (Å²) >= 11 is 5.60. The summed E-state index contributed by atoms with van der Waals surface area (Å²) in [7, 11) is 0. The molecule has 0 unspecified atom stereocenters. The quantitative estimate of drug-likeness (QED) is 0.541. The normalized spacial score (nSPS) is 15.8. The van der Waals surface area contributed by atoms with E-state index in [0.717, 1.165) is 12.8 Å². The Morgan fingerprint density at radius 1 is 1.62 bits per heavy atom. The van der Waals surface area contributed by atoms with Crippen LogP contribution in [-0.2, 0) is 0 Å². The first-order chi connectivity index (χ1) is 6.20. The number of carbonyl (C=O) groups excluding carboxylic acids is 1. The SMILES string of the molecule is O=C(c1ccnc(F)c1Cl)C1CC1. The van der Waals surface area contributed by atoms with Crippen LogP contribution in [0, 0.1) is 11.9 Å². The maximum Gasteiger partial charge on any atom is 0.232 e. The minimum atomic E-state index is -0.770. The van der Waals surface area contributed by atoms with Gasteiger partial charge in [-0.1, -0.05) is 11.6 Å². The number of hydrogen-bond acceptors (Lipinski definition) is 2. The Hall–Kier alpha value is -0.960. The lowest BCUT2D eigenvalue weighted by Crippen LogP contribution is -2.03. The fourth-order valence-electron chi connectivity index (χ4n) is 1.17. The maximum atomic E-state index is 12.8. The van der Waals surface area contributed by atoms with E-state index in [1.807, 2.05) is 0 Å². The molecule has 0 atom stereocenters. The molecule has 13 heavy (non-hydrogen) atoms. The van der Waals surface area contributed by atoms with E-state index in [-0.39, 0.29) is 22.3 Å². The summed E-state index contributed by atoms with van der Waals surface area (Å²) in [5, 5.41) is -0.153. The van der Waals surface area contributed by atoms with Gasteiger partial charge in [-0.05, 0) is 18.9 Å². The number of pyridine rings is 1. The van der Waals surface area contributed by atoms with E-state index in [9.17, 15) is 9.18 Å². The van der Waals surface area contributed by atoms with E-state index < -0.39 is 5.95 Å². The molecule has 2 rings (SSSR count). The summed E-state index contributed by atoms with van der Waals surface area (Å²) in [6.07, 6.45) is 3.04. The second kappa shape index (κ2) is 3.07. The fraction of sp³-hybridized carbons (Fsp3) is 0.333. The number of carbonyl (C=O) groups is 1. The largest absolute Gasteiger partial charge is 0.294 e. The van der Waals surface area contributed by atoms with Crippen LogP contribution in [0.2, 0.25) is 5.02 Å². The minimum Gasteiger partial charge on any atom is -0.294 e. The van der Waals surface area contributed by atoms with E-state index in [4.69, 9.17) is 11.6 Å². The number of rotatable bonds is 2. The van der Waals surface area contributed by atoms with Crippen LogP contribution in [0.3, 0.4) is 0 Å². The van der Waals surface area contributed by atoms with Gasteiger partial charge in [-0.3, -0.25) is 4.79 Å². The summed E-state index contributed by atoms with van der Waals surface area (Å²) in [5.74, 6) is -0.779. The zero-order chi connectivity index (χ0) is 9.42. The van der Waals surface area contributed by atoms with Crippen molar-refractivity contribution in [1.29, 1.82) is 0 Å². The van der Waals surface area contributed by atoms with Crippen LogP contribution in [0.4, 0.5) is 4.39 Å². The predicted octanol–water partition coefficient (Wildman–Crippen LogP) is 2.47. The van der Waals surface area contributed by atoms with Crippen LogP contribution in [-0.4, -0.2) is 10.8 Å². The van der Waals surface area contributed by atoms with Crippen molar-refractivity contribution < 1.29 is 9.18 Å².